The first kappa shape index (κ1) is 18.9. The van der Waals surface area contributed by atoms with Crippen molar-refractivity contribution >= 4 is 17.6 Å². The first-order valence-corrected chi connectivity index (χ1v) is 9.77. The maximum Gasteiger partial charge on any atom is 0.251 e. The maximum atomic E-state index is 12.4. The Kier molecular flexibility index (Phi) is 5.16. The van der Waals surface area contributed by atoms with Crippen LogP contribution in [0.1, 0.15) is 39.2 Å². The Balaban J connectivity index is 1.40. The molecule has 2 aromatic carbocycles. The number of anilines is 1. The molecule has 2 amide bonds. The summed E-state index contributed by atoms with van der Waals surface area (Å²) in [5.74, 6) is 0.816. The Morgan fingerprint density at radius 2 is 1.72 bits per heavy atom. The van der Waals surface area contributed by atoms with Crippen molar-refractivity contribution in [3.63, 3.8) is 0 Å². The van der Waals surface area contributed by atoms with Crippen LogP contribution in [-0.2, 0) is 24.4 Å². The molecule has 2 heterocycles. The molecule has 0 bridgehead atoms. The van der Waals surface area contributed by atoms with E-state index in [-0.39, 0.29) is 11.8 Å². The fourth-order valence-electron chi connectivity index (χ4n) is 3.48. The molecular formula is C23H24N4O2. The number of nitrogens with one attached hydrogen (secondary N) is 1. The molecule has 6 nitrogen and oxygen atoms in total. The van der Waals surface area contributed by atoms with E-state index in [9.17, 15) is 9.59 Å². The van der Waals surface area contributed by atoms with Crippen LogP contribution >= 0.6 is 0 Å². The zero-order chi connectivity index (χ0) is 20.4. The summed E-state index contributed by atoms with van der Waals surface area (Å²) in [6, 6.07) is 17.4. The van der Waals surface area contributed by atoms with Gasteiger partial charge in [0.15, 0.2) is 0 Å². The Morgan fingerprint density at radius 1 is 1.03 bits per heavy atom. The largest absolute Gasteiger partial charge is 0.348 e. The molecule has 1 N–H and O–H groups in total. The van der Waals surface area contributed by atoms with Gasteiger partial charge < -0.3 is 5.32 Å². The molecule has 1 aromatic heterocycles. The van der Waals surface area contributed by atoms with Crippen LogP contribution in [0, 0.1) is 13.8 Å². The number of carbonyl (C=O) groups is 2. The summed E-state index contributed by atoms with van der Waals surface area (Å²) in [6.07, 6.45) is 0.452. The summed E-state index contributed by atoms with van der Waals surface area (Å²) in [4.78, 5) is 26.6. The normalized spacial score (nSPS) is 13.3. The van der Waals surface area contributed by atoms with Gasteiger partial charge in [-0.3, -0.25) is 14.5 Å². The van der Waals surface area contributed by atoms with E-state index in [0.717, 1.165) is 22.6 Å². The number of hydrogen-bond donors (Lipinski definition) is 1. The van der Waals surface area contributed by atoms with Gasteiger partial charge in [0.05, 0.1) is 18.8 Å². The molecule has 0 atom stereocenters. The van der Waals surface area contributed by atoms with E-state index < -0.39 is 0 Å². The molecule has 148 valence electrons. The van der Waals surface area contributed by atoms with E-state index in [4.69, 9.17) is 0 Å². The SMILES string of the molecule is Cc1ccc(CNC(=O)c2ccc(CN3C(=O)CCn4nc(C)cc43)cc2)cc1. The van der Waals surface area contributed by atoms with Gasteiger partial charge in [0, 0.05) is 24.6 Å². The number of benzene rings is 2. The lowest BCUT2D eigenvalue weighted by molar-refractivity contribution is -0.119. The predicted octanol–water partition coefficient (Wildman–Crippen LogP) is 3.37. The average Bonchev–Trinajstić information content (AvgIpc) is 3.11. The lowest BCUT2D eigenvalue weighted by Crippen LogP contribution is -2.36. The van der Waals surface area contributed by atoms with Crippen LogP contribution < -0.4 is 10.2 Å². The van der Waals surface area contributed by atoms with E-state index in [1.54, 1.807) is 17.0 Å². The minimum Gasteiger partial charge on any atom is -0.348 e. The Morgan fingerprint density at radius 3 is 2.45 bits per heavy atom. The highest BCUT2D eigenvalue weighted by molar-refractivity contribution is 5.95. The number of amides is 2. The molecule has 1 aliphatic heterocycles. The smallest absolute Gasteiger partial charge is 0.251 e. The number of aromatic nitrogens is 2. The van der Waals surface area contributed by atoms with Crippen molar-refractivity contribution < 1.29 is 9.59 Å². The van der Waals surface area contributed by atoms with Gasteiger partial charge in [-0.1, -0.05) is 42.0 Å². The number of hydrogen-bond acceptors (Lipinski definition) is 3. The van der Waals surface area contributed by atoms with Gasteiger partial charge in [0.2, 0.25) is 5.91 Å². The Labute approximate surface area is 170 Å². The van der Waals surface area contributed by atoms with E-state index in [0.29, 0.717) is 31.6 Å². The molecule has 1 aliphatic rings. The number of fused-ring (bicyclic) bond motifs is 1. The molecule has 3 aromatic rings. The lowest BCUT2D eigenvalue weighted by atomic mass is 10.1. The summed E-state index contributed by atoms with van der Waals surface area (Å²) in [6.45, 7) is 5.55. The van der Waals surface area contributed by atoms with Crippen LogP contribution in [0.2, 0.25) is 0 Å². The quantitative estimate of drug-likeness (QED) is 0.729. The Bertz CT molecular complexity index is 1040. The van der Waals surface area contributed by atoms with Crippen molar-refractivity contribution in [2.45, 2.75) is 39.9 Å². The van der Waals surface area contributed by atoms with Crippen LogP contribution in [0.15, 0.2) is 54.6 Å². The summed E-state index contributed by atoms with van der Waals surface area (Å²) in [7, 11) is 0. The van der Waals surface area contributed by atoms with Gasteiger partial charge in [-0.15, -0.1) is 0 Å². The Hall–Kier alpha value is -3.41. The number of aryl methyl sites for hydroxylation is 3. The topological polar surface area (TPSA) is 67.2 Å². The standard InChI is InChI=1S/C23H24N4O2/c1-16-3-5-18(6-4-16)14-24-23(29)20-9-7-19(8-10-20)15-26-21-13-17(2)25-27(21)12-11-22(26)28/h3-10,13H,11-12,14-15H2,1-2H3,(H,24,29). The van der Waals surface area contributed by atoms with Crippen LogP contribution in [0.5, 0.6) is 0 Å². The van der Waals surface area contributed by atoms with E-state index in [1.807, 2.05) is 61.0 Å². The summed E-state index contributed by atoms with van der Waals surface area (Å²) in [5, 5.41) is 7.38. The third-order valence-electron chi connectivity index (χ3n) is 5.13. The van der Waals surface area contributed by atoms with E-state index in [2.05, 4.69) is 10.4 Å². The molecule has 0 unspecified atom stereocenters. The van der Waals surface area contributed by atoms with Crippen molar-refractivity contribution in [3.05, 3.63) is 82.5 Å². The molecular weight excluding hydrogens is 364 g/mol. The average molecular weight is 388 g/mol. The fourth-order valence-corrected chi connectivity index (χ4v) is 3.48. The summed E-state index contributed by atoms with van der Waals surface area (Å²) < 4.78 is 1.88. The second-order valence-electron chi connectivity index (χ2n) is 7.46. The maximum absolute atomic E-state index is 12.4. The minimum atomic E-state index is -0.111. The molecule has 0 saturated heterocycles. The highest BCUT2D eigenvalue weighted by atomic mass is 16.2. The summed E-state index contributed by atoms with van der Waals surface area (Å²) in [5.41, 5.74) is 4.74. The monoisotopic (exact) mass is 388 g/mol. The van der Waals surface area contributed by atoms with Gasteiger partial charge in [0.25, 0.3) is 5.91 Å². The number of rotatable bonds is 5. The molecule has 0 radical (unpaired) electrons. The van der Waals surface area contributed by atoms with Crippen LogP contribution in [-0.4, -0.2) is 21.6 Å². The van der Waals surface area contributed by atoms with Crippen molar-refractivity contribution in [1.29, 1.82) is 0 Å². The van der Waals surface area contributed by atoms with Crippen molar-refractivity contribution in [3.8, 4) is 0 Å². The first-order chi connectivity index (χ1) is 14.0. The number of carbonyl (C=O) groups excluding carboxylic acids is 2. The van der Waals surface area contributed by atoms with Crippen molar-refractivity contribution in [2.75, 3.05) is 4.90 Å². The zero-order valence-electron chi connectivity index (χ0n) is 16.7. The fraction of sp³-hybridized carbons (Fsp3) is 0.261. The van der Waals surface area contributed by atoms with Crippen LogP contribution in [0.4, 0.5) is 5.82 Å². The van der Waals surface area contributed by atoms with Crippen molar-refractivity contribution in [2.24, 2.45) is 0 Å². The molecule has 4 rings (SSSR count). The van der Waals surface area contributed by atoms with Gasteiger partial charge >= 0.3 is 0 Å². The second kappa shape index (κ2) is 7.91. The third-order valence-corrected chi connectivity index (χ3v) is 5.13. The third kappa shape index (κ3) is 4.21. The molecule has 0 fully saturated rings. The van der Waals surface area contributed by atoms with Gasteiger partial charge in [0.1, 0.15) is 5.82 Å². The highest BCUT2D eigenvalue weighted by Crippen LogP contribution is 2.24. The second-order valence-corrected chi connectivity index (χ2v) is 7.46. The molecule has 0 aliphatic carbocycles. The molecule has 0 saturated carbocycles. The zero-order valence-corrected chi connectivity index (χ0v) is 16.7. The van der Waals surface area contributed by atoms with Gasteiger partial charge in [-0.2, -0.15) is 5.10 Å². The minimum absolute atomic E-state index is 0.0947. The van der Waals surface area contributed by atoms with E-state index in [1.165, 1.54) is 5.56 Å². The molecule has 0 spiro atoms. The molecule has 6 heteroatoms. The van der Waals surface area contributed by atoms with Crippen LogP contribution in [0.3, 0.4) is 0 Å². The van der Waals surface area contributed by atoms with Gasteiger partial charge in [-0.05, 0) is 37.1 Å². The van der Waals surface area contributed by atoms with Gasteiger partial charge in [-0.25, -0.2) is 4.68 Å². The van der Waals surface area contributed by atoms with Crippen LogP contribution in [0.25, 0.3) is 0 Å². The van der Waals surface area contributed by atoms with E-state index >= 15 is 0 Å². The van der Waals surface area contributed by atoms with Crippen molar-refractivity contribution in [1.82, 2.24) is 15.1 Å². The number of nitrogens with zero attached hydrogens (tertiary/aromatic N) is 3. The highest BCUT2D eigenvalue weighted by Gasteiger charge is 2.25. The first-order valence-electron chi connectivity index (χ1n) is 9.77. The molecule has 29 heavy (non-hydrogen) atoms. The lowest BCUT2D eigenvalue weighted by Gasteiger charge is -2.27. The summed E-state index contributed by atoms with van der Waals surface area (Å²) >= 11 is 0. The predicted molar refractivity (Wildman–Crippen MR) is 112 cm³/mol.